The fraction of sp³-hybridized carbons (Fsp3) is 0.875. The van der Waals surface area contributed by atoms with Crippen LogP contribution in [0.3, 0.4) is 0 Å². The fourth-order valence-corrected chi connectivity index (χ4v) is 1.22. The van der Waals surface area contributed by atoms with Crippen LogP contribution >= 0.6 is 0 Å². The second-order valence-electron chi connectivity index (χ2n) is 2.83. The summed E-state index contributed by atoms with van der Waals surface area (Å²) in [4.78, 5) is 10.7. The minimum atomic E-state index is -0.627. The lowest BCUT2D eigenvalue weighted by molar-refractivity contribution is -0.0821. The molecule has 1 fully saturated rings. The normalized spacial score (nSPS) is 29.5. The molecule has 1 aliphatic rings. The topological polar surface area (TPSA) is 44.8 Å². The number of carbonyl (C=O) groups excluding carboxylic acids is 1. The van der Waals surface area contributed by atoms with Crippen LogP contribution in [0.2, 0.25) is 0 Å². The molecule has 4 nitrogen and oxygen atoms in total. The zero-order valence-electron chi connectivity index (χ0n) is 7.41. The third-order valence-electron chi connectivity index (χ3n) is 1.95. The molecule has 0 radical (unpaired) electrons. The maximum absolute atomic E-state index is 10.7. The van der Waals surface area contributed by atoms with Gasteiger partial charge in [-0.25, -0.2) is 4.79 Å². The molecule has 0 spiro atoms. The number of carbonyl (C=O) groups is 1. The third-order valence-corrected chi connectivity index (χ3v) is 1.95. The van der Waals surface area contributed by atoms with Gasteiger partial charge in [-0.1, -0.05) is 0 Å². The molecule has 0 aromatic heterocycles. The monoisotopic (exact) mass is 174 g/mol. The first-order valence-electron chi connectivity index (χ1n) is 4.10. The molecule has 1 saturated heterocycles. The standard InChI is InChI=1S/C8H14O4/c1-6-7(4-3-5-11-6)12-8(9)10-2/h6-7H,3-5H2,1-2H3. The average Bonchev–Trinajstić information content (AvgIpc) is 2.09. The number of ether oxygens (including phenoxy) is 3. The zero-order chi connectivity index (χ0) is 8.97. The number of methoxy groups -OCH3 is 1. The molecule has 0 bridgehead atoms. The molecule has 0 aliphatic carbocycles. The molecule has 0 amide bonds. The number of hydrogen-bond donors (Lipinski definition) is 0. The highest BCUT2D eigenvalue weighted by Crippen LogP contribution is 2.16. The lowest BCUT2D eigenvalue weighted by atomic mass is 10.1. The summed E-state index contributed by atoms with van der Waals surface area (Å²) in [6, 6.07) is 0. The third kappa shape index (κ3) is 2.37. The molecule has 1 rings (SSSR count). The summed E-state index contributed by atoms with van der Waals surface area (Å²) in [5.41, 5.74) is 0. The predicted molar refractivity (Wildman–Crippen MR) is 41.9 cm³/mol. The van der Waals surface area contributed by atoms with E-state index in [0.29, 0.717) is 0 Å². The van der Waals surface area contributed by atoms with Gasteiger partial charge in [0.25, 0.3) is 0 Å². The van der Waals surface area contributed by atoms with Crippen molar-refractivity contribution in [1.82, 2.24) is 0 Å². The lowest BCUT2D eigenvalue weighted by Crippen LogP contribution is -2.35. The molecular formula is C8H14O4. The molecule has 2 atom stereocenters. The van der Waals surface area contributed by atoms with Crippen LogP contribution < -0.4 is 0 Å². The average molecular weight is 174 g/mol. The van der Waals surface area contributed by atoms with Crippen molar-refractivity contribution in [3.8, 4) is 0 Å². The van der Waals surface area contributed by atoms with Crippen molar-refractivity contribution in [3.63, 3.8) is 0 Å². The number of rotatable bonds is 1. The van der Waals surface area contributed by atoms with Crippen LogP contribution in [0.1, 0.15) is 19.8 Å². The highest BCUT2D eigenvalue weighted by molar-refractivity contribution is 5.59. The van der Waals surface area contributed by atoms with Crippen LogP contribution in [0.15, 0.2) is 0 Å². The molecule has 1 heterocycles. The van der Waals surface area contributed by atoms with Crippen LogP contribution in [-0.2, 0) is 14.2 Å². The van der Waals surface area contributed by atoms with Crippen molar-refractivity contribution >= 4 is 6.16 Å². The summed E-state index contributed by atoms with van der Waals surface area (Å²) in [5.74, 6) is 0. The van der Waals surface area contributed by atoms with Crippen LogP contribution in [-0.4, -0.2) is 32.1 Å². The second-order valence-corrected chi connectivity index (χ2v) is 2.83. The van der Waals surface area contributed by atoms with E-state index < -0.39 is 6.16 Å². The van der Waals surface area contributed by atoms with Gasteiger partial charge in [0, 0.05) is 6.61 Å². The Labute approximate surface area is 71.8 Å². The second kappa shape index (κ2) is 4.30. The van der Waals surface area contributed by atoms with Crippen molar-refractivity contribution in [1.29, 1.82) is 0 Å². The van der Waals surface area contributed by atoms with Gasteiger partial charge in [-0.05, 0) is 19.8 Å². The van der Waals surface area contributed by atoms with Crippen molar-refractivity contribution in [2.75, 3.05) is 13.7 Å². The van der Waals surface area contributed by atoms with Crippen molar-refractivity contribution in [2.24, 2.45) is 0 Å². The molecule has 2 unspecified atom stereocenters. The van der Waals surface area contributed by atoms with Gasteiger partial charge in [0.15, 0.2) is 0 Å². The summed E-state index contributed by atoms with van der Waals surface area (Å²) in [6.45, 7) is 2.65. The van der Waals surface area contributed by atoms with Crippen molar-refractivity contribution in [3.05, 3.63) is 0 Å². The Morgan fingerprint density at radius 1 is 1.58 bits per heavy atom. The van der Waals surface area contributed by atoms with Gasteiger partial charge in [-0.15, -0.1) is 0 Å². The summed E-state index contributed by atoms with van der Waals surface area (Å²) < 4.78 is 14.7. The van der Waals surface area contributed by atoms with Crippen LogP contribution in [0.5, 0.6) is 0 Å². The van der Waals surface area contributed by atoms with E-state index in [9.17, 15) is 4.79 Å². The van der Waals surface area contributed by atoms with Crippen molar-refractivity contribution < 1.29 is 19.0 Å². The van der Waals surface area contributed by atoms with Crippen LogP contribution in [0.4, 0.5) is 4.79 Å². The molecule has 70 valence electrons. The van der Waals surface area contributed by atoms with Crippen LogP contribution in [0, 0.1) is 0 Å². The van der Waals surface area contributed by atoms with Gasteiger partial charge in [-0.3, -0.25) is 0 Å². The Hall–Kier alpha value is -0.770. The first kappa shape index (κ1) is 9.32. The Balaban J connectivity index is 2.33. The first-order valence-corrected chi connectivity index (χ1v) is 4.10. The molecule has 1 aliphatic heterocycles. The van der Waals surface area contributed by atoms with Gasteiger partial charge >= 0.3 is 6.16 Å². The fourth-order valence-electron chi connectivity index (χ4n) is 1.22. The minimum Gasteiger partial charge on any atom is -0.438 e. The van der Waals surface area contributed by atoms with Gasteiger partial charge < -0.3 is 14.2 Å². The summed E-state index contributed by atoms with van der Waals surface area (Å²) in [5, 5.41) is 0. The lowest BCUT2D eigenvalue weighted by Gasteiger charge is -2.27. The van der Waals surface area contributed by atoms with E-state index in [1.807, 2.05) is 6.92 Å². The highest BCUT2D eigenvalue weighted by Gasteiger charge is 2.25. The molecule has 0 aromatic rings. The molecular weight excluding hydrogens is 160 g/mol. The first-order chi connectivity index (χ1) is 5.74. The van der Waals surface area contributed by atoms with Gasteiger partial charge in [0.1, 0.15) is 6.10 Å². The predicted octanol–water partition coefficient (Wildman–Crippen LogP) is 1.34. The Kier molecular flexibility index (Phi) is 3.34. The molecule has 0 aromatic carbocycles. The summed E-state index contributed by atoms with van der Waals surface area (Å²) in [6.07, 6.45) is 1.00. The van der Waals surface area contributed by atoms with Gasteiger partial charge in [0.2, 0.25) is 0 Å². The summed E-state index contributed by atoms with van der Waals surface area (Å²) in [7, 11) is 1.30. The van der Waals surface area contributed by atoms with E-state index in [4.69, 9.17) is 9.47 Å². The van der Waals surface area contributed by atoms with E-state index in [2.05, 4.69) is 4.74 Å². The van der Waals surface area contributed by atoms with E-state index in [1.54, 1.807) is 0 Å². The largest absolute Gasteiger partial charge is 0.508 e. The highest BCUT2D eigenvalue weighted by atomic mass is 16.7. The Morgan fingerprint density at radius 3 is 2.92 bits per heavy atom. The summed E-state index contributed by atoms with van der Waals surface area (Å²) >= 11 is 0. The van der Waals surface area contributed by atoms with Crippen LogP contribution in [0.25, 0.3) is 0 Å². The minimum absolute atomic E-state index is 0.0159. The number of hydrogen-bond acceptors (Lipinski definition) is 4. The van der Waals surface area contributed by atoms with E-state index >= 15 is 0 Å². The van der Waals surface area contributed by atoms with Gasteiger partial charge in [-0.2, -0.15) is 0 Å². The molecule has 0 saturated carbocycles. The Morgan fingerprint density at radius 2 is 2.33 bits per heavy atom. The smallest absolute Gasteiger partial charge is 0.438 e. The molecule has 0 N–H and O–H groups in total. The quantitative estimate of drug-likeness (QED) is 0.563. The zero-order valence-corrected chi connectivity index (χ0v) is 7.41. The Bertz CT molecular complexity index is 157. The SMILES string of the molecule is COC(=O)OC1CCCOC1C. The van der Waals surface area contributed by atoms with Gasteiger partial charge in [0.05, 0.1) is 13.2 Å². The van der Waals surface area contributed by atoms with Crippen molar-refractivity contribution in [2.45, 2.75) is 32.0 Å². The van der Waals surface area contributed by atoms with E-state index in [-0.39, 0.29) is 12.2 Å². The maximum Gasteiger partial charge on any atom is 0.508 e. The van der Waals surface area contributed by atoms with E-state index in [1.165, 1.54) is 7.11 Å². The van der Waals surface area contributed by atoms with E-state index in [0.717, 1.165) is 19.4 Å². The molecule has 12 heavy (non-hydrogen) atoms. The molecule has 4 heteroatoms. The maximum atomic E-state index is 10.7.